The van der Waals surface area contributed by atoms with Crippen molar-refractivity contribution in [3.63, 3.8) is 0 Å². The number of Topliss-reactive ketones (excluding diaryl/α,β-unsaturated/α-hetero) is 2. The minimum atomic E-state index is -0.534. The van der Waals surface area contributed by atoms with Crippen molar-refractivity contribution in [1.82, 2.24) is 4.90 Å². The fraction of sp³-hybridized carbons (Fsp3) is 0.478. The van der Waals surface area contributed by atoms with E-state index >= 15 is 0 Å². The number of methoxy groups -OCH3 is 1. The molecule has 158 valence electrons. The number of nitro groups is 1. The number of rotatable bonds is 5. The van der Waals surface area contributed by atoms with Crippen LogP contribution in [-0.2, 0) is 9.59 Å². The zero-order valence-electron chi connectivity index (χ0n) is 17.4. The maximum atomic E-state index is 13.1. The summed E-state index contributed by atoms with van der Waals surface area (Å²) in [5.74, 6) is -0.273. The molecule has 0 radical (unpaired) electrons. The van der Waals surface area contributed by atoms with E-state index in [9.17, 15) is 19.7 Å². The molecule has 0 fully saturated rings. The second-order valence-electron chi connectivity index (χ2n) is 8.05. The van der Waals surface area contributed by atoms with Gasteiger partial charge in [-0.15, -0.1) is 0 Å². The zero-order chi connectivity index (χ0) is 21.4. The maximum absolute atomic E-state index is 13.1. The highest BCUT2D eigenvalue weighted by molar-refractivity contribution is 6.06. The molecule has 7 nitrogen and oxygen atoms in total. The second-order valence-corrected chi connectivity index (χ2v) is 8.05. The lowest BCUT2D eigenvalue weighted by molar-refractivity contribution is -0.385. The van der Waals surface area contributed by atoms with Crippen LogP contribution >= 0.6 is 0 Å². The average molecular weight is 410 g/mol. The standard InChI is InChI=1S/C23H26N2O5/c1-3-12-24-15-6-4-8-18(26)22(15)21(23-16(24)7-5-9-19(23)27)14-10-11-20(30-2)17(13-14)25(28)29/h10-11,13,21H,3-9,12H2,1-2H3. The third-order valence-electron chi connectivity index (χ3n) is 6.27. The monoisotopic (exact) mass is 410 g/mol. The van der Waals surface area contributed by atoms with Crippen molar-refractivity contribution in [2.45, 2.75) is 57.8 Å². The Morgan fingerprint density at radius 1 is 1.07 bits per heavy atom. The van der Waals surface area contributed by atoms with Crippen molar-refractivity contribution < 1.29 is 19.2 Å². The number of ether oxygens (including phenoxy) is 1. The molecule has 1 heterocycles. The van der Waals surface area contributed by atoms with Gasteiger partial charge in [0.15, 0.2) is 17.3 Å². The van der Waals surface area contributed by atoms with Crippen LogP contribution in [0, 0.1) is 10.1 Å². The third kappa shape index (κ3) is 3.22. The summed E-state index contributed by atoms with van der Waals surface area (Å²) in [7, 11) is 1.39. The van der Waals surface area contributed by atoms with Gasteiger partial charge in [-0.2, -0.15) is 0 Å². The van der Waals surface area contributed by atoms with Crippen molar-refractivity contribution in [1.29, 1.82) is 0 Å². The average Bonchev–Trinajstić information content (AvgIpc) is 2.74. The Morgan fingerprint density at radius 2 is 1.67 bits per heavy atom. The van der Waals surface area contributed by atoms with Crippen molar-refractivity contribution in [2.75, 3.05) is 13.7 Å². The fourth-order valence-electron chi connectivity index (χ4n) is 5.07. The normalized spacial score (nSPS) is 19.7. The molecule has 0 N–H and O–H groups in total. The molecule has 0 aromatic heterocycles. The second kappa shape index (κ2) is 8.05. The van der Waals surface area contributed by atoms with Crippen LogP contribution in [0.1, 0.15) is 63.4 Å². The van der Waals surface area contributed by atoms with E-state index in [0.29, 0.717) is 29.6 Å². The van der Waals surface area contributed by atoms with Crippen molar-refractivity contribution >= 4 is 17.3 Å². The number of ketones is 2. The van der Waals surface area contributed by atoms with Gasteiger partial charge in [0.1, 0.15) is 0 Å². The van der Waals surface area contributed by atoms with Gasteiger partial charge in [-0.05, 0) is 43.7 Å². The zero-order valence-corrected chi connectivity index (χ0v) is 17.4. The number of carbonyl (C=O) groups is 2. The van der Waals surface area contributed by atoms with Crippen LogP contribution in [0.5, 0.6) is 5.75 Å². The number of hydrogen-bond donors (Lipinski definition) is 0. The van der Waals surface area contributed by atoms with E-state index in [1.54, 1.807) is 12.1 Å². The summed E-state index contributed by atoms with van der Waals surface area (Å²) >= 11 is 0. The number of allylic oxidation sites excluding steroid dienone is 4. The Balaban J connectivity index is 1.96. The van der Waals surface area contributed by atoms with E-state index in [1.165, 1.54) is 13.2 Å². The molecule has 0 atom stereocenters. The van der Waals surface area contributed by atoms with Gasteiger partial charge >= 0.3 is 5.69 Å². The molecule has 0 spiro atoms. The topological polar surface area (TPSA) is 89.8 Å². The number of nitrogens with zero attached hydrogens (tertiary/aromatic N) is 2. The predicted octanol–water partition coefficient (Wildman–Crippen LogP) is 4.43. The first-order chi connectivity index (χ1) is 14.5. The maximum Gasteiger partial charge on any atom is 0.311 e. The van der Waals surface area contributed by atoms with E-state index < -0.39 is 10.8 Å². The summed E-state index contributed by atoms with van der Waals surface area (Å²) in [5.41, 5.74) is 3.78. The van der Waals surface area contributed by atoms with Gasteiger partial charge in [-0.3, -0.25) is 19.7 Å². The number of hydrogen-bond acceptors (Lipinski definition) is 6. The molecule has 0 amide bonds. The molecule has 30 heavy (non-hydrogen) atoms. The van der Waals surface area contributed by atoms with Crippen molar-refractivity contribution in [3.8, 4) is 5.75 Å². The van der Waals surface area contributed by atoms with E-state index in [1.807, 2.05) is 0 Å². The van der Waals surface area contributed by atoms with Crippen LogP contribution in [0.3, 0.4) is 0 Å². The molecule has 1 aromatic carbocycles. The molecule has 0 saturated carbocycles. The summed E-state index contributed by atoms with van der Waals surface area (Å²) in [4.78, 5) is 39.5. The molecular weight excluding hydrogens is 384 g/mol. The van der Waals surface area contributed by atoms with Crippen LogP contribution in [0.4, 0.5) is 5.69 Å². The minimum Gasteiger partial charge on any atom is -0.490 e. The summed E-state index contributed by atoms with van der Waals surface area (Å²) in [5, 5.41) is 11.6. The van der Waals surface area contributed by atoms with E-state index in [-0.39, 0.29) is 23.0 Å². The summed E-state index contributed by atoms with van der Waals surface area (Å²) < 4.78 is 5.15. The smallest absolute Gasteiger partial charge is 0.311 e. The summed E-state index contributed by atoms with van der Waals surface area (Å²) in [6.07, 6.45) is 4.98. The molecule has 3 aliphatic rings. The van der Waals surface area contributed by atoms with E-state index in [0.717, 1.165) is 50.0 Å². The van der Waals surface area contributed by atoms with Crippen LogP contribution in [0.15, 0.2) is 40.7 Å². The Morgan fingerprint density at radius 3 is 2.17 bits per heavy atom. The van der Waals surface area contributed by atoms with Gasteiger partial charge in [-0.25, -0.2) is 0 Å². The van der Waals surface area contributed by atoms with Crippen molar-refractivity contribution in [2.24, 2.45) is 0 Å². The molecular formula is C23H26N2O5. The Labute approximate surface area is 175 Å². The molecule has 1 aliphatic heterocycles. The first kappa shape index (κ1) is 20.3. The predicted molar refractivity (Wildman–Crippen MR) is 111 cm³/mol. The van der Waals surface area contributed by atoms with Gasteiger partial charge in [0.2, 0.25) is 0 Å². The first-order valence-electron chi connectivity index (χ1n) is 10.6. The van der Waals surface area contributed by atoms with Gasteiger partial charge in [0, 0.05) is 53.9 Å². The summed E-state index contributed by atoms with van der Waals surface area (Å²) in [6.45, 7) is 2.86. The lowest BCUT2D eigenvalue weighted by atomic mass is 9.71. The lowest BCUT2D eigenvalue weighted by Gasteiger charge is -2.44. The summed E-state index contributed by atoms with van der Waals surface area (Å²) in [6, 6.07) is 4.79. The van der Waals surface area contributed by atoms with Crippen LogP contribution in [-0.4, -0.2) is 35.0 Å². The molecule has 0 unspecified atom stereocenters. The Bertz CT molecular complexity index is 947. The molecule has 4 rings (SSSR count). The lowest BCUT2D eigenvalue weighted by Crippen LogP contribution is -2.39. The number of benzene rings is 1. The highest BCUT2D eigenvalue weighted by Gasteiger charge is 2.43. The molecule has 1 aromatic rings. The van der Waals surface area contributed by atoms with Crippen LogP contribution in [0.25, 0.3) is 0 Å². The number of carbonyl (C=O) groups excluding carboxylic acids is 2. The van der Waals surface area contributed by atoms with E-state index in [2.05, 4.69) is 11.8 Å². The number of nitro benzene ring substituents is 1. The van der Waals surface area contributed by atoms with Gasteiger partial charge in [0.25, 0.3) is 0 Å². The van der Waals surface area contributed by atoms with Crippen molar-refractivity contribution in [3.05, 3.63) is 56.4 Å². The van der Waals surface area contributed by atoms with Crippen LogP contribution in [0.2, 0.25) is 0 Å². The molecule has 0 bridgehead atoms. The SMILES string of the molecule is CCCN1C2=C(C(=O)CCC2)C(c2ccc(OC)c([N+](=O)[O-])c2)C2=C1CCCC2=O. The van der Waals surface area contributed by atoms with E-state index in [4.69, 9.17) is 4.74 Å². The Kier molecular flexibility index (Phi) is 5.45. The Hall–Kier alpha value is -2.96. The van der Waals surface area contributed by atoms with Crippen LogP contribution < -0.4 is 4.74 Å². The molecule has 0 saturated heterocycles. The first-order valence-corrected chi connectivity index (χ1v) is 10.6. The third-order valence-corrected chi connectivity index (χ3v) is 6.27. The minimum absolute atomic E-state index is 0.0470. The largest absolute Gasteiger partial charge is 0.490 e. The quantitative estimate of drug-likeness (QED) is 0.527. The van der Waals surface area contributed by atoms with Gasteiger partial charge < -0.3 is 9.64 Å². The molecule has 7 heteroatoms. The highest BCUT2D eigenvalue weighted by atomic mass is 16.6. The van der Waals surface area contributed by atoms with Gasteiger partial charge in [0.05, 0.1) is 12.0 Å². The van der Waals surface area contributed by atoms with Gasteiger partial charge in [-0.1, -0.05) is 13.0 Å². The fourth-order valence-corrected chi connectivity index (χ4v) is 5.07. The molecule has 2 aliphatic carbocycles. The highest BCUT2D eigenvalue weighted by Crippen LogP contribution is 2.49.